The second-order valence-corrected chi connectivity index (χ2v) is 6.74. The molecular formula is C19H16Cl2N2O3. The zero-order valence-corrected chi connectivity index (χ0v) is 15.2. The van der Waals surface area contributed by atoms with Crippen LogP contribution in [0.15, 0.2) is 48.5 Å². The van der Waals surface area contributed by atoms with Crippen LogP contribution in [-0.4, -0.2) is 35.1 Å². The molecule has 1 heterocycles. The number of anilines is 1. The van der Waals surface area contributed by atoms with Gasteiger partial charge in [-0.2, -0.15) is 0 Å². The Balaban J connectivity index is 1.87. The number of amides is 2. The molecule has 1 aliphatic rings. The molecule has 26 heavy (non-hydrogen) atoms. The van der Waals surface area contributed by atoms with E-state index in [4.69, 9.17) is 28.3 Å². The lowest BCUT2D eigenvalue weighted by molar-refractivity contribution is 0.102. The number of nitrogens with zero attached hydrogens (tertiary/aromatic N) is 1. The van der Waals surface area contributed by atoms with Gasteiger partial charge in [-0.3, -0.25) is 4.79 Å². The Morgan fingerprint density at radius 1 is 1.08 bits per heavy atom. The fourth-order valence-electron chi connectivity index (χ4n) is 2.81. The first-order valence-electron chi connectivity index (χ1n) is 7.98. The van der Waals surface area contributed by atoms with Crippen LogP contribution in [0.5, 0.6) is 0 Å². The van der Waals surface area contributed by atoms with Crippen molar-refractivity contribution in [3.8, 4) is 0 Å². The van der Waals surface area contributed by atoms with Gasteiger partial charge in [-0.25, -0.2) is 4.79 Å². The molecule has 5 nitrogen and oxygen atoms in total. The first-order valence-corrected chi connectivity index (χ1v) is 8.73. The van der Waals surface area contributed by atoms with Crippen LogP contribution in [0.2, 0.25) is 10.0 Å². The summed E-state index contributed by atoms with van der Waals surface area (Å²) in [5.74, 6) is -0.292. The third-order valence-electron chi connectivity index (χ3n) is 4.14. The summed E-state index contributed by atoms with van der Waals surface area (Å²) in [6.07, 6.45) is 1.48. The molecule has 2 amide bonds. The van der Waals surface area contributed by atoms with Crippen molar-refractivity contribution in [3.63, 3.8) is 0 Å². The van der Waals surface area contributed by atoms with Gasteiger partial charge in [0.25, 0.3) is 5.91 Å². The smallest absolute Gasteiger partial charge is 0.407 e. The molecule has 0 bridgehead atoms. The standard InChI is InChI=1S/C19H16Cl2N2O3/c20-14-3-1-2-13(10-14)18(24)22-17-11-15(21)4-5-16(17)12-6-8-23(9-7-12)19(25)26/h1-6,10-11H,7-9H2,(H,22,24)(H,25,26). The number of rotatable bonds is 3. The molecule has 0 atom stereocenters. The lowest BCUT2D eigenvalue weighted by atomic mass is 9.97. The first kappa shape index (κ1) is 18.3. The molecule has 0 fully saturated rings. The molecule has 2 N–H and O–H groups in total. The third-order valence-corrected chi connectivity index (χ3v) is 4.61. The average Bonchev–Trinajstić information content (AvgIpc) is 2.62. The maximum Gasteiger partial charge on any atom is 0.407 e. The number of hydrogen-bond acceptors (Lipinski definition) is 2. The number of carboxylic acid groups (broad SMARTS) is 1. The summed E-state index contributed by atoms with van der Waals surface area (Å²) in [5, 5.41) is 12.9. The molecule has 0 aliphatic carbocycles. The summed E-state index contributed by atoms with van der Waals surface area (Å²) < 4.78 is 0. The lowest BCUT2D eigenvalue weighted by Crippen LogP contribution is -2.33. The molecule has 0 radical (unpaired) electrons. The van der Waals surface area contributed by atoms with Crippen molar-refractivity contribution in [3.05, 3.63) is 69.7 Å². The molecule has 0 unspecified atom stereocenters. The Bertz CT molecular complexity index is 896. The number of hydrogen-bond donors (Lipinski definition) is 2. The van der Waals surface area contributed by atoms with Crippen molar-refractivity contribution in [2.24, 2.45) is 0 Å². The number of nitrogens with one attached hydrogen (secondary N) is 1. The van der Waals surface area contributed by atoms with Gasteiger partial charge in [-0.05, 0) is 42.3 Å². The zero-order valence-electron chi connectivity index (χ0n) is 13.7. The van der Waals surface area contributed by atoms with Gasteiger partial charge in [0, 0.05) is 34.3 Å². The van der Waals surface area contributed by atoms with E-state index in [1.807, 2.05) is 12.1 Å². The Morgan fingerprint density at radius 2 is 1.85 bits per heavy atom. The Morgan fingerprint density at radius 3 is 2.50 bits per heavy atom. The minimum absolute atomic E-state index is 0.292. The van der Waals surface area contributed by atoms with E-state index in [-0.39, 0.29) is 5.91 Å². The molecule has 0 saturated carbocycles. The van der Waals surface area contributed by atoms with Gasteiger partial charge in [0.15, 0.2) is 0 Å². The summed E-state index contributed by atoms with van der Waals surface area (Å²) >= 11 is 12.0. The highest BCUT2D eigenvalue weighted by molar-refractivity contribution is 6.31. The van der Waals surface area contributed by atoms with E-state index >= 15 is 0 Å². The highest BCUT2D eigenvalue weighted by atomic mass is 35.5. The number of benzene rings is 2. The van der Waals surface area contributed by atoms with Gasteiger partial charge in [-0.15, -0.1) is 0 Å². The largest absolute Gasteiger partial charge is 0.465 e. The summed E-state index contributed by atoms with van der Waals surface area (Å²) in [4.78, 5) is 24.9. The lowest BCUT2D eigenvalue weighted by Gasteiger charge is -2.25. The Labute approximate surface area is 160 Å². The van der Waals surface area contributed by atoms with E-state index in [0.717, 1.165) is 11.1 Å². The Kier molecular flexibility index (Phi) is 5.49. The normalized spacial score (nSPS) is 13.9. The van der Waals surface area contributed by atoms with Crippen LogP contribution in [0, 0.1) is 0 Å². The molecule has 1 aliphatic heterocycles. The van der Waals surface area contributed by atoms with Gasteiger partial charge in [-0.1, -0.05) is 41.4 Å². The highest BCUT2D eigenvalue weighted by Crippen LogP contribution is 2.31. The maximum atomic E-state index is 12.5. The molecule has 2 aromatic rings. The number of carbonyl (C=O) groups is 2. The van der Waals surface area contributed by atoms with Crippen LogP contribution >= 0.6 is 23.2 Å². The molecular weight excluding hydrogens is 375 g/mol. The summed E-state index contributed by atoms with van der Waals surface area (Å²) in [6, 6.07) is 11.9. The second kappa shape index (κ2) is 7.81. The highest BCUT2D eigenvalue weighted by Gasteiger charge is 2.19. The van der Waals surface area contributed by atoms with Crippen LogP contribution in [-0.2, 0) is 0 Å². The van der Waals surface area contributed by atoms with E-state index in [9.17, 15) is 9.59 Å². The molecule has 134 valence electrons. The van der Waals surface area contributed by atoms with Crippen molar-refractivity contribution in [1.82, 2.24) is 4.90 Å². The maximum absolute atomic E-state index is 12.5. The minimum Gasteiger partial charge on any atom is -0.465 e. The molecule has 3 rings (SSSR count). The van der Waals surface area contributed by atoms with Crippen LogP contribution < -0.4 is 5.32 Å². The molecule has 7 heteroatoms. The van der Waals surface area contributed by atoms with Crippen LogP contribution in [0.25, 0.3) is 5.57 Å². The van der Waals surface area contributed by atoms with Gasteiger partial charge >= 0.3 is 6.09 Å². The zero-order chi connectivity index (χ0) is 18.7. The summed E-state index contributed by atoms with van der Waals surface area (Å²) in [7, 11) is 0. The van der Waals surface area contributed by atoms with E-state index in [0.29, 0.717) is 40.8 Å². The molecule has 0 spiro atoms. The SMILES string of the molecule is O=C(Nc1cc(Cl)ccc1C1=CCN(C(=O)O)CC1)c1cccc(Cl)c1. The fourth-order valence-corrected chi connectivity index (χ4v) is 3.17. The van der Waals surface area contributed by atoms with Crippen molar-refractivity contribution < 1.29 is 14.7 Å². The monoisotopic (exact) mass is 390 g/mol. The topological polar surface area (TPSA) is 69.6 Å². The van der Waals surface area contributed by atoms with E-state index < -0.39 is 6.09 Å². The third kappa shape index (κ3) is 4.18. The van der Waals surface area contributed by atoms with Crippen LogP contribution in [0.1, 0.15) is 22.3 Å². The number of halogens is 2. The molecule has 0 saturated heterocycles. The van der Waals surface area contributed by atoms with Crippen molar-refractivity contribution in [1.29, 1.82) is 0 Å². The molecule has 0 aromatic heterocycles. The van der Waals surface area contributed by atoms with Crippen molar-refractivity contribution >= 4 is 46.5 Å². The average molecular weight is 391 g/mol. The van der Waals surface area contributed by atoms with Gasteiger partial charge < -0.3 is 15.3 Å². The fraction of sp³-hybridized carbons (Fsp3) is 0.158. The second-order valence-electron chi connectivity index (χ2n) is 5.86. The van der Waals surface area contributed by atoms with Crippen molar-refractivity contribution in [2.75, 3.05) is 18.4 Å². The van der Waals surface area contributed by atoms with E-state index in [2.05, 4.69) is 5.32 Å². The predicted octanol–water partition coefficient (Wildman–Crippen LogP) is 5.01. The van der Waals surface area contributed by atoms with Gasteiger partial charge in [0.05, 0.1) is 5.69 Å². The number of carbonyl (C=O) groups excluding carboxylic acids is 1. The van der Waals surface area contributed by atoms with Gasteiger partial charge in [0.2, 0.25) is 0 Å². The quantitative estimate of drug-likeness (QED) is 0.773. The predicted molar refractivity (Wildman–Crippen MR) is 103 cm³/mol. The van der Waals surface area contributed by atoms with Crippen LogP contribution in [0.3, 0.4) is 0 Å². The summed E-state index contributed by atoms with van der Waals surface area (Å²) in [5.41, 5.74) is 2.82. The van der Waals surface area contributed by atoms with Crippen molar-refractivity contribution in [2.45, 2.75) is 6.42 Å². The molecule has 2 aromatic carbocycles. The minimum atomic E-state index is -0.939. The van der Waals surface area contributed by atoms with Gasteiger partial charge in [0.1, 0.15) is 0 Å². The van der Waals surface area contributed by atoms with E-state index in [1.54, 1.807) is 36.4 Å². The van der Waals surface area contributed by atoms with E-state index in [1.165, 1.54) is 4.90 Å². The first-order chi connectivity index (χ1) is 12.4. The Hall–Kier alpha value is -2.50. The summed E-state index contributed by atoms with van der Waals surface area (Å²) in [6.45, 7) is 0.723. The van der Waals surface area contributed by atoms with Crippen LogP contribution in [0.4, 0.5) is 10.5 Å².